The monoisotopic (exact) mass is 470 g/mol. The van der Waals surface area contributed by atoms with Gasteiger partial charge in [0.25, 0.3) is 5.91 Å². The first-order valence-electron chi connectivity index (χ1n) is 10.5. The summed E-state index contributed by atoms with van der Waals surface area (Å²) in [5.41, 5.74) is 5.75. The van der Waals surface area contributed by atoms with Gasteiger partial charge in [-0.2, -0.15) is 18.2 Å². The van der Waals surface area contributed by atoms with Crippen LogP contribution >= 0.6 is 0 Å². The number of nitrogens with zero attached hydrogens (tertiary/aromatic N) is 2. The Bertz CT molecular complexity index is 898. The van der Waals surface area contributed by atoms with Crippen molar-refractivity contribution in [2.24, 2.45) is 16.6 Å². The van der Waals surface area contributed by atoms with E-state index >= 15 is 0 Å². The molecule has 3 amide bonds. The van der Waals surface area contributed by atoms with Crippen LogP contribution in [-0.2, 0) is 19.1 Å². The van der Waals surface area contributed by atoms with Crippen LogP contribution in [0.5, 0.6) is 0 Å². The molecular weight excluding hydrogens is 445 g/mol. The summed E-state index contributed by atoms with van der Waals surface area (Å²) in [5, 5.41) is 2.76. The first-order valence-corrected chi connectivity index (χ1v) is 10.5. The van der Waals surface area contributed by atoms with Crippen LogP contribution in [0.3, 0.4) is 0 Å². The number of benzene rings is 1. The average molecular weight is 470 g/mol. The van der Waals surface area contributed by atoms with Crippen LogP contribution in [0.25, 0.3) is 0 Å². The highest BCUT2D eigenvalue weighted by Gasteiger charge is 2.39. The van der Waals surface area contributed by atoms with Gasteiger partial charge in [-0.1, -0.05) is 12.1 Å². The van der Waals surface area contributed by atoms with Gasteiger partial charge < -0.3 is 25.4 Å². The molecule has 9 nitrogen and oxygen atoms in total. The Morgan fingerprint density at radius 2 is 1.70 bits per heavy atom. The predicted octanol–water partition coefficient (Wildman–Crippen LogP) is 0.865. The largest absolute Gasteiger partial charge is 0.473 e. The average Bonchev–Trinajstić information content (AvgIpc) is 2.82. The Hall–Kier alpha value is -2.99. The fourth-order valence-electron chi connectivity index (χ4n) is 3.64. The second kappa shape index (κ2) is 10.8. The minimum absolute atomic E-state index is 0.0355. The van der Waals surface area contributed by atoms with E-state index < -0.39 is 23.8 Å². The minimum Gasteiger partial charge on any atom is -0.383 e. The number of ether oxygens (including phenoxy) is 2. The highest BCUT2D eigenvalue weighted by atomic mass is 19.4. The quantitative estimate of drug-likeness (QED) is 0.486. The van der Waals surface area contributed by atoms with E-state index in [0.717, 1.165) is 0 Å². The number of amides is 3. The molecule has 2 aliphatic heterocycles. The Labute approximate surface area is 188 Å². The van der Waals surface area contributed by atoms with Crippen molar-refractivity contribution in [3.63, 3.8) is 0 Å². The van der Waals surface area contributed by atoms with E-state index in [0.29, 0.717) is 45.8 Å². The summed E-state index contributed by atoms with van der Waals surface area (Å²) >= 11 is 0. The molecule has 2 saturated heterocycles. The summed E-state index contributed by atoms with van der Waals surface area (Å²) in [6.45, 7) is 2.46. The van der Waals surface area contributed by atoms with Crippen LogP contribution in [0.1, 0.15) is 28.8 Å². The highest BCUT2D eigenvalue weighted by Crippen LogP contribution is 2.20. The van der Waals surface area contributed by atoms with Gasteiger partial charge in [0.15, 0.2) is 0 Å². The van der Waals surface area contributed by atoms with E-state index in [1.807, 2.05) is 0 Å². The molecule has 2 fully saturated rings. The number of hydrogen-bond donors (Lipinski definition) is 2. The van der Waals surface area contributed by atoms with Gasteiger partial charge in [-0.25, -0.2) is 0 Å². The fourth-order valence-corrected chi connectivity index (χ4v) is 3.64. The molecule has 0 radical (unpaired) electrons. The maximum atomic E-state index is 12.9. The second-order valence-corrected chi connectivity index (χ2v) is 7.73. The topological polar surface area (TPSA) is 123 Å². The normalized spacial score (nSPS) is 20.4. The van der Waals surface area contributed by atoms with Crippen molar-refractivity contribution >= 4 is 23.6 Å². The van der Waals surface area contributed by atoms with E-state index in [1.165, 1.54) is 24.3 Å². The summed E-state index contributed by atoms with van der Waals surface area (Å²) in [4.78, 5) is 40.9. The number of morpholine rings is 1. The standard InChI is InChI=1S/C21H25F3N4O5/c22-21(23,24)20(31)27-17(25)13-1-3-14(4-2-13)18(29)26-11-16-12-33-10-7-28(16)19(30)15-5-8-32-9-6-15/h1-4,15-16H,5-12H2,(H,26,29)(H2,25,27,31)/t16-/m1/s1. The van der Waals surface area contributed by atoms with Crippen LogP contribution in [0, 0.1) is 5.92 Å². The van der Waals surface area contributed by atoms with E-state index in [1.54, 1.807) is 4.90 Å². The number of carbonyl (C=O) groups excluding carboxylic acids is 3. The van der Waals surface area contributed by atoms with Crippen molar-refractivity contribution in [3.05, 3.63) is 35.4 Å². The summed E-state index contributed by atoms with van der Waals surface area (Å²) in [7, 11) is 0. The van der Waals surface area contributed by atoms with Crippen LogP contribution in [0.15, 0.2) is 29.3 Å². The van der Waals surface area contributed by atoms with Gasteiger partial charge in [-0.05, 0) is 25.0 Å². The van der Waals surface area contributed by atoms with Gasteiger partial charge in [0, 0.05) is 43.3 Å². The van der Waals surface area contributed by atoms with E-state index in [-0.39, 0.29) is 35.5 Å². The summed E-state index contributed by atoms with van der Waals surface area (Å²) < 4.78 is 47.7. The number of carbonyl (C=O) groups is 3. The zero-order chi connectivity index (χ0) is 24.0. The molecule has 0 spiro atoms. The first kappa shape index (κ1) is 24.6. The number of halogens is 3. The summed E-state index contributed by atoms with van der Waals surface area (Å²) in [6, 6.07) is 4.99. The molecule has 0 unspecified atom stereocenters. The molecule has 1 aromatic carbocycles. The number of nitrogens with one attached hydrogen (secondary N) is 1. The van der Waals surface area contributed by atoms with Gasteiger partial charge in [0.2, 0.25) is 5.91 Å². The van der Waals surface area contributed by atoms with Crippen LogP contribution in [0.4, 0.5) is 13.2 Å². The highest BCUT2D eigenvalue weighted by molar-refractivity contribution is 6.05. The number of hydrogen-bond acceptors (Lipinski definition) is 5. The van der Waals surface area contributed by atoms with Crippen LogP contribution < -0.4 is 11.1 Å². The zero-order valence-electron chi connectivity index (χ0n) is 17.8. The van der Waals surface area contributed by atoms with Crippen LogP contribution in [0.2, 0.25) is 0 Å². The van der Waals surface area contributed by atoms with Crippen molar-refractivity contribution < 1.29 is 37.0 Å². The predicted molar refractivity (Wildman–Crippen MR) is 110 cm³/mol. The third-order valence-corrected chi connectivity index (χ3v) is 5.49. The van der Waals surface area contributed by atoms with E-state index in [4.69, 9.17) is 15.2 Å². The summed E-state index contributed by atoms with van der Waals surface area (Å²) in [6.07, 6.45) is -3.78. The molecule has 0 aliphatic carbocycles. The SMILES string of the molecule is NC(=NC(=O)C(F)(F)F)c1ccc(C(=O)NC[C@@H]2COCCN2C(=O)C2CCOCC2)cc1. The zero-order valence-corrected chi connectivity index (χ0v) is 17.8. The minimum atomic E-state index is -5.12. The molecule has 0 aromatic heterocycles. The van der Waals surface area contributed by atoms with Gasteiger partial charge in [-0.3, -0.25) is 14.4 Å². The second-order valence-electron chi connectivity index (χ2n) is 7.73. The number of nitrogens with two attached hydrogens (primary N) is 1. The lowest BCUT2D eigenvalue weighted by Gasteiger charge is -2.38. The maximum absolute atomic E-state index is 12.9. The number of alkyl halides is 3. The maximum Gasteiger partial charge on any atom is 0.473 e. The lowest BCUT2D eigenvalue weighted by atomic mass is 9.97. The number of amidine groups is 1. The van der Waals surface area contributed by atoms with Crippen molar-refractivity contribution in [2.45, 2.75) is 25.1 Å². The Morgan fingerprint density at radius 1 is 1.06 bits per heavy atom. The molecule has 0 saturated carbocycles. The number of rotatable bonds is 5. The van der Waals surface area contributed by atoms with Crippen LogP contribution in [-0.4, -0.2) is 80.2 Å². The molecule has 180 valence electrons. The molecule has 33 heavy (non-hydrogen) atoms. The molecule has 1 atom stereocenters. The molecule has 2 heterocycles. The van der Waals surface area contributed by atoms with Gasteiger partial charge in [0.1, 0.15) is 5.84 Å². The molecular formula is C21H25F3N4O5. The molecule has 3 N–H and O–H groups in total. The lowest BCUT2D eigenvalue weighted by molar-refractivity contribution is -0.169. The van der Waals surface area contributed by atoms with Crippen molar-refractivity contribution in [1.29, 1.82) is 0 Å². The number of aliphatic imine (C=N–C) groups is 1. The fraction of sp³-hybridized carbons (Fsp3) is 0.524. The van der Waals surface area contributed by atoms with E-state index in [2.05, 4.69) is 10.3 Å². The molecule has 12 heteroatoms. The van der Waals surface area contributed by atoms with Gasteiger partial charge in [0.05, 0.1) is 19.3 Å². The third-order valence-electron chi connectivity index (χ3n) is 5.49. The summed E-state index contributed by atoms with van der Waals surface area (Å²) in [5.74, 6) is -3.41. The van der Waals surface area contributed by atoms with Crippen molar-refractivity contribution in [1.82, 2.24) is 10.2 Å². The molecule has 2 aliphatic rings. The smallest absolute Gasteiger partial charge is 0.383 e. The molecule has 1 aromatic rings. The molecule has 3 rings (SSSR count). The Morgan fingerprint density at radius 3 is 2.33 bits per heavy atom. The third kappa shape index (κ3) is 6.51. The van der Waals surface area contributed by atoms with Gasteiger partial charge >= 0.3 is 12.1 Å². The lowest BCUT2D eigenvalue weighted by Crippen LogP contribution is -2.55. The van der Waals surface area contributed by atoms with E-state index in [9.17, 15) is 27.6 Å². The Kier molecular flexibility index (Phi) is 8.03. The first-order chi connectivity index (χ1) is 15.7. The Balaban J connectivity index is 1.58. The van der Waals surface area contributed by atoms with Crippen molar-refractivity contribution in [3.8, 4) is 0 Å². The van der Waals surface area contributed by atoms with Gasteiger partial charge in [-0.15, -0.1) is 0 Å². The van der Waals surface area contributed by atoms with Crippen molar-refractivity contribution in [2.75, 3.05) is 39.5 Å². The molecule has 0 bridgehead atoms.